The topological polar surface area (TPSA) is 71.1 Å². The lowest BCUT2D eigenvalue weighted by Gasteiger charge is -2.12. The van der Waals surface area contributed by atoms with Crippen LogP contribution in [0.5, 0.6) is 17.2 Å². The zero-order valence-electron chi connectivity index (χ0n) is 15.1. The highest BCUT2D eigenvalue weighted by Gasteiger charge is 2.18. The third-order valence-corrected chi connectivity index (χ3v) is 3.55. The predicted octanol–water partition coefficient (Wildman–Crippen LogP) is 3.59. The molecule has 0 fully saturated rings. The van der Waals surface area contributed by atoms with E-state index in [2.05, 4.69) is 0 Å². The number of methoxy groups -OCH3 is 3. The lowest BCUT2D eigenvalue weighted by Crippen LogP contribution is -2.07. The Morgan fingerprint density at radius 1 is 0.885 bits per heavy atom. The Morgan fingerprint density at radius 3 is 2.12 bits per heavy atom. The molecule has 0 heterocycles. The lowest BCUT2D eigenvalue weighted by atomic mass is 10.0. The summed E-state index contributed by atoms with van der Waals surface area (Å²) in [4.78, 5) is 23.1. The Kier molecular flexibility index (Phi) is 6.38. The van der Waals surface area contributed by atoms with Gasteiger partial charge in [0, 0.05) is 13.0 Å². The van der Waals surface area contributed by atoms with Gasteiger partial charge in [-0.15, -0.1) is 0 Å². The average molecular weight is 356 g/mol. The van der Waals surface area contributed by atoms with E-state index in [1.807, 2.05) is 6.08 Å². The van der Waals surface area contributed by atoms with E-state index in [1.165, 1.54) is 28.3 Å². The van der Waals surface area contributed by atoms with Crippen LogP contribution in [0.3, 0.4) is 0 Å². The standard InChI is InChI=1S/C20H20O6/c1-13(21)26-16-9-6-14(7-10-16)5-8-15-11-17(23-2)12-18(24-3)19(15)20(22)25-4/h5-12H,1-4H3/b8-5+. The van der Waals surface area contributed by atoms with Gasteiger partial charge in [-0.1, -0.05) is 24.3 Å². The fourth-order valence-electron chi connectivity index (χ4n) is 2.34. The van der Waals surface area contributed by atoms with Crippen LogP contribution in [0.2, 0.25) is 0 Å². The van der Waals surface area contributed by atoms with Gasteiger partial charge in [-0.3, -0.25) is 4.79 Å². The Morgan fingerprint density at radius 2 is 1.58 bits per heavy atom. The molecular weight excluding hydrogens is 336 g/mol. The third-order valence-electron chi connectivity index (χ3n) is 3.55. The van der Waals surface area contributed by atoms with E-state index >= 15 is 0 Å². The molecule has 0 spiro atoms. The molecule has 0 aliphatic heterocycles. The van der Waals surface area contributed by atoms with Crippen LogP contribution in [-0.2, 0) is 9.53 Å². The molecule has 26 heavy (non-hydrogen) atoms. The summed E-state index contributed by atoms with van der Waals surface area (Å²) in [7, 11) is 4.32. The minimum atomic E-state index is -0.505. The number of carbonyl (C=O) groups is 2. The maximum atomic E-state index is 12.1. The van der Waals surface area contributed by atoms with E-state index in [1.54, 1.807) is 42.5 Å². The van der Waals surface area contributed by atoms with Gasteiger partial charge in [0.25, 0.3) is 0 Å². The van der Waals surface area contributed by atoms with Crippen molar-refractivity contribution in [1.82, 2.24) is 0 Å². The van der Waals surface area contributed by atoms with Crippen LogP contribution < -0.4 is 14.2 Å². The highest BCUT2D eigenvalue weighted by Crippen LogP contribution is 2.31. The monoisotopic (exact) mass is 356 g/mol. The number of carbonyl (C=O) groups excluding carboxylic acids is 2. The molecule has 2 rings (SSSR count). The van der Waals surface area contributed by atoms with Crippen LogP contribution in [-0.4, -0.2) is 33.3 Å². The van der Waals surface area contributed by atoms with E-state index in [0.29, 0.717) is 28.4 Å². The van der Waals surface area contributed by atoms with Crippen molar-refractivity contribution in [3.05, 3.63) is 53.1 Å². The molecule has 0 bridgehead atoms. The van der Waals surface area contributed by atoms with E-state index < -0.39 is 5.97 Å². The van der Waals surface area contributed by atoms with Gasteiger partial charge >= 0.3 is 11.9 Å². The number of rotatable bonds is 6. The SMILES string of the molecule is COC(=O)c1c(/C=C/c2ccc(OC(C)=O)cc2)cc(OC)cc1OC. The fourth-order valence-corrected chi connectivity index (χ4v) is 2.34. The lowest BCUT2D eigenvalue weighted by molar-refractivity contribution is -0.131. The molecule has 0 atom stereocenters. The Hall–Kier alpha value is -3.28. The minimum absolute atomic E-state index is 0.309. The van der Waals surface area contributed by atoms with Gasteiger partial charge in [-0.05, 0) is 29.3 Å². The molecule has 0 radical (unpaired) electrons. The molecule has 6 heteroatoms. The first kappa shape index (κ1) is 19.1. The summed E-state index contributed by atoms with van der Waals surface area (Å²) >= 11 is 0. The molecule has 0 saturated heterocycles. The molecule has 0 N–H and O–H groups in total. The van der Waals surface area contributed by atoms with Gasteiger partial charge in [-0.2, -0.15) is 0 Å². The normalized spacial score (nSPS) is 10.5. The number of hydrogen-bond donors (Lipinski definition) is 0. The number of hydrogen-bond acceptors (Lipinski definition) is 6. The van der Waals surface area contributed by atoms with Crippen LogP contribution in [0.4, 0.5) is 0 Å². The Balaban J connectivity index is 2.39. The highest BCUT2D eigenvalue weighted by molar-refractivity contribution is 5.98. The second-order valence-corrected chi connectivity index (χ2v) is 5.28. The minimum Gasteiger partial charge on any atom is -0.497 e. The molecule has 2 aromatic rings. The molecule has 0 saturated carbocycles. The van der Waals surface area contributed by atoms with Crippen LogP contribution in [0, 0.1) is 0 Å². The molecule has 0 aromatic heterocycles. The van der Waals surface area contributed by atoms with Gasteiger partial charge < -0.3 is 18.9 Å². The first-order valence-electron chi connectivity index (χ1n) is 7.79. The van der Waals surface area contributed by atoms with Crippen molar-refractivity contribution in [3.8, 4) is 17.2 Å². The average Bonchev–Trinajstić information content (AvgIpc) is 2.65. The first-order chi connectivity index (χ1) is 12.5. The maximum Gasteiger partial charge on any atom is 0.342 e. The highest BCUT2D eigenvalue weighted by atomic mass is 16.5. The van der Waals surface area contributed by atoms with Crippen molar-refractivity contribution in [2.45, 2.75) is 6.92 Å². The van der Waals surface area contributed by atoms with Gasteiger partial charge in [-0.25, -0.2) is 4.79 Å². The van der Waals surface area contributed by atoms with Crippen LogP contribution in [0.1, 0.15) is 28.4 Å². The molecule has 6 nitrogen and oxygen atoms in total. The van der Waals surface area contributed by atoms with E-state index in [0.717, 1.165) is 5.56 Å². The van der Waals surface area contributed by atoms with Crippen molar-refractivity contribution < 1.29 is 28.5 Å². The van der Waals surface area contributed by atoms with Gasteiger partial charge in [0.2, 0.25) is 0 Å². The quantitative estimate of drug-likeness (QED) is 0.447. The van der Waals surface area contributed by atoms with Crippen molar-refractivity contribution in [1.29, 1.82) is 0 Å². The van der Waals surface area contributed by atoms with Crippen molar-refractivity contribution in [2.75, 3.05) is 21.3 Å². The smallest absolute Gasteiger partial charge is 0.342 e. The molecule has 0 aliphatic rings. The molecule has 0 aliphatic carbocycles. The van der Waals surface area contributed by atoms with Crippen LogP contribution in [0.15, 0.2) is 36.4 Å². The summed E-state index contributed by atoms with van der Waals surface area (Å²) < 4.78 is 20.4. The zero-order chi connectivity index (χ0) is 19.1. The second-order valence-electron chi connectivity index (χ2n) is 5.28. The van der Waals surface area contributed by atoms with Gasteiger partial charge in [0.05, 0.1) is 21.3 Å². The van der Waals surface area contributed by atoms with Crippen LogP contribution in [0.25, 0.3) is 12.2 Å². The summed E-state index contributed by atoms with van der Waals surface area (Å²) in [5, 5.41) is 0. The van der Waals surface area contributed by atoms with E-state index in [9.17, 15) is 9.59 Å². The number of esters is 2. The molecule has 0 amide bonds. The summed E-state index contributed by atoms with van der Waals surface area (Å²) in [6.45, 7) is 1.35. The molecular formula is C20H20O6. The summed E-state index contributed by atoms with van der Waals surface area (Å²) in [6, 6.07) is 10.3. The first-order valence-corrected chi connectivity index (χ1v) is 7.79. The van der Waals surface area contributed by atoms with Crippen LogP contribution >= 0.6 is 0 Å². The van der Waals surface area contributed by atoms with Crippen molar-refractivity contribution in [3.63, 3.8) is 0 Å². The predicted molar refractivity (Wildman–Crippen MR) is 97.6 cm³/mol. The van der Waals surface area contributed by atoms with E-state index in [4.69, 9.17) is 18.9 Å². The molecule has 0 unspecified atom stereocenters. The number of benzene rings is 2. The maximum absolute atomic E-state index is 12.1. The Bertz CT molecular complexity index is 821. The van der Waals surface area contributed by atoms with Gasteiger partial charge in [0.15, 0.2) is 0 Å². The summed E-state index contributed by atoms with van der Waals surface area (Å²) in [5.41, 5.74) is 1.76. The zero-order valence-corrected chi connectivity index (χ0v) is 15.1. The second kappa shape index (κ2) is 8.71. The molecule has 2 aromatic carbocycles. The van der Waals surface area contributed by atoms with Crippen molar-refractivity contribution >= 4 is 24.1 Å². The Labute approximate surface area is 151 Å². The summed E-state index contributed by atoms with van der Waals surface area (Å²) in [5.74, 6) is 0.502. The summed E-state index contributed by atoms with van der Waals surface area (Å²) in [6.07, 6.45) is 3.58. The fraction of sp³-hybridized carbons (Fsp3) is 0.200. The third kappa shape index (κ3) is 4.63. The van der Waals surface area contributed by atoms with Crippen molar-refractivity contribution in [2.24, 2.45) is 0 Å². The largest absolute Gasteiger partial charge is 0.497 e. The number of ether oxygens (including phenoxy) is 4. The van der Waals surface area contributed by atoms with E-state index in [-0.39, 0.29) is 5.97 Å². The van der Waals surface area contributed by atoms with Gasteiger partial charge in [0.1, 0.15) is 22.8 Å². The molecule has 136 valence electrons.